The Labute approximate surface area is 203 Å². The normalized spacial score (nSPS) is 13.3. The van der Waals surface area contributed by atoms with Crippen molar-refractivity contribution in [2.45, 2.75) is 109 Å². The van der Waals surface area contributed by atoms with Gasteiger partial charge in [-0.2, -0.15) is 0 Å². The summed E-state index contributed by atoms with van der Waals surface area (Å²) in [6, 6.07) is -1.59. The van der Waals surface area contributed by atoms with Crippen molar-refractivity contribution in [1.82, 2.24) is 0 Å². The Balaban J connectivity index is 3.39. The third kappa shape index (κ3) is 21.2. The molecule has 0 saturated heterocycles. The summed E-state index contributed by atoms with van der Waals surface area (Å²) in [4.78, 5) is 22.5. The first kappa shape index (κ1) is 31.3. The van der Waals surface area contributed by atoms with Gasteiger partial charge in [0.15, 0.2) is 0 Å². The second-order valence-corrected chi connectivity index (χ2v) is 10.8. The summed E-state index contributed by atoms with van der Waals surface area (Å²) in [5.74, 6) is -0.772. The maximum absolute atomic E-state index is 11.8. The van der Waals surface area contributed by atoms with Gasteiger partial charge < -0.3 is 21.3 Å². The number of unbranched alkanes of at least 4 members (excludes halogenated alkanes) is 12. The number of hydrogen-bond donors (Lipinski definition) is 3. The Morgan fingerprint density at radius 2 is 1.25 bits per heavy atom. The highest BCUT2D eigenvalue weighted by Gasteiger charge is 2.16. The van der Waals surface area contributed by atoms with Gasteiger partial charge in [-0.1, -0.05) is 98.5 Å². The van der Waals surface area contributed by atoms with Gasteiger partial charge in [-0.3, -0.25) is 9.59 Å². The number of carboxylic acids is 1. The first-order valence-electron chi connectivity index (χ1n) is 12.3. The van der Waals surface area contributed by atoms with Crippen molar-refractivity contribution < 1.29 is 19.4 Å². The molecule has 0 aromatic rings. The van der Waals surface area contributed by atoms with Gasteiger partial charge in [0, 0.05) is 11.5 Å². The lowest BCUT2D eigenvalue weighted by atomic mass is 10.1. The number of carbonyl (C=O) groups excluding carboxylic acids is 1. The Morgan fingerprint density at radius 1 is 0.781 bits per heavy atom. The van der Waals surface area contributed by atoms with Gasteiger partial charge in [0.25, 0.3) is 0 Å². The van der Waals surface area contributed by atoms with E-state index in [1.807, 2.05) is 0 Å². The van der Waals surface area contributed by atoms with E-state index in [-0.39, 0.29) is 5.75 Å². The number of carboxylic acid groups (broad SMARTS) is 1. The van der Waals surface area contributed by atoms with Crippen LogP contribution in [0.5, 0.6) is 0 Å². The van der Waals surface area contributed by atoms with Crippen LogP contribution in [-0.2, 0) is 14.3 Å². The number of hydrogen-bond acceptors (Lipinski definition) is 7. The summed E-state index contributed by atoms with van der Waals surface area (Å²) in [7, 11) is 2.65. The van der Waals surface area contributed by atoms with E-state index in [0.717, 1.165) is 12.8 Å². The van der Waals surface area contributed by atoms with Crippen molar-refractivity contribution >= 4 is 33.5 Å². The first-order chi connectivity index (χ1) is 15.5. The van der Waals surface area contributed by atoms with Gasteiger partial charge in [0.2, 0.25) is 0 Å². The van der Waals surface area contributed by atoms with E-state index < -0.39 is 24.0 Å². The van der Waals surface area contributed by atoms with Crippen molar-refractivity contribution in [3.63, 3.8) is 0 Å². The largest absolute Gasteiger partial charge is 0.480 e. The van der Waals surface area contributed by atoms with Crippen LogP contribution in [0, 0.1) is 0 Å². The highest BCUT2D eigenvalue weighted by Crippen LogP contribution is 2.22. The molecule has 0 aliphatic carbocycles. The molecule has 0 aliphatic heterocycles. The maximum atomic E-state index is 11.8. The molecule has 0 spiro atoms. The molecule has 5 N–H and O–H groups in total. The third-order valence-corrected chi connectivity index (χ3v) is 7.57. The fourth-order valence-corrected chi connectivity index (χ4v) is 5.23. The van der Waals surface area contributed by atoms with Gasteiger partial charge in [-0.05, 0) is 32.1 Å². The Hall–Kier alpha value is -0.700. The van der Waals surface area contributed by atoms with E-state index in [9.17, 15) is 9.59 Å². The number of aliphatic carboxylic acids is 1. The van der Waals surface area contributed by atoms with Crippen molar-refractivity contribution in [3.05, 3.63) is 12.2 Å². The standard InChI is InChI=1S/C24H46N2O4S2/c1-2-3-4-5-6-7-8-9-10-11-12-13-14-15-16-17-18-30-24(29)22(26)20-32-31-19-21(25)23(27)28/h9-10,21-22H,2-8,11-20,25-26H2,1H3,(H,27,28)/b10-9-/t21-,22-/m0/s1. The zero-order valence-corrected chi connectivity index (χ0v) is 21.6. The van der Waals surface area contributed by atoms with Crippen LogP contribution in [0.4, 0.5) is 0 Å². The van der Waals surface area contributed by atoms with E-state index in [4.69, 9.17) is 21.3 Å². The van der Waals surface area contributed by atoms with Crippen molar-refractivity contribution in [2.24, 2.45) is 11.5 Å². The second-order valence-electron chi connectivity index (χ2n) is 8.23. The molecule has 0 aliphatic rings. The fourth-order valence-electron chi connectivity index (χ4n) is 3.01. The van der Waals surface area contributed by atoms with Crippen molar-refractivity contribution in [1.29, 1.82) is 0 Å². The molecular formula is C24H46N2O4S2. The topological polar surface area (TPSA) is 116 Å². The van der Waals surface area contributed by atoms with E-state index in [2.05, 4.69) is 19.1 Å². The molecule has 0 radical (unpaired) electrons. The molecule has 0 unspecified atom stereocenters. The van der Waals surface area contributed by atoms with Gasteiger partial charge in [-0.25, -0.2) is 0 Å². The van der Waals surface area contributed by atoms with Gasteiger partial charge in [-0.15, -0.1) is 0 Å². The SMILES string of the molecule is CCCCCCCC/C=C\CCCCCCCCOC(=O)[C@@H](N)CSSC[C@H](N)C(=O)O. The molecule has 0 rings (SSSR count). The van der Waals surface area contributed by atoms with Crippen LogP contribution < -0.4 is 11.5 Å². The first-order valence-corrected chi connectivity index (χ1v) is 14.8. The van der Waals surface area contributed by atoms with Crippen LogP contribution >= 0.6 is 21.6 Å². The van der Waals surface area contributed by atoms with E-state index in [0.29, 0.717) is 12.4 Å². The highest BCUT2D eigenvalue weighted by molar-refractivity contribution is 8.76. The van der Waals surface area contributed by atoms with Crippen LogP contribution in [0.3, 0.4) is 0 Å². The van der Waals surface area contributed by atoms with Crippen molar-refractivity contribution in [2.75, 3.05) is 18.1 Å². The smallest absolute Gasteiger partial charge is 0.323 e. The highest BCUT2D eigenvalue weighted by atomic mass is 33.1. The average molecular weight is 491 g/mol. The van der Waals surface area contributed by atoms with E-state index >= 15 is 0 Å². The van der Waals surface area contributed by atoms with Crippen LogP contribution in [0.1, 0.15) is 96.8 Å². The number of ether oxygens (including phenoxy) is 1. The van der Waals surface area contributed by atoms with E-state index in [1.54, 1.807) is 0 Å². The molecule has 6 nitrogen and oxygen atoms in total. The zero-order chi connectivity index (χ0) is 23.9. The third-order valence-electron chi connectivity index (χ3n) is 5.10. The summed E-state index contributed by atoms with van der Waals surface area (Å²) in [5, 5.41) is 8.70. The molecule has 0 amide bonds. The summed E-state index contributed by atoms with van der Waals surface area (Å²) in [6.45, 7) is 2.67. The summed E-state index contributed by atoms with van der Waals surface area (Å²) in [5.41, 5.74) is 11.2. The molecule has 188 valence electrons. The molecular weight excluding hydrogens is 444 g/mol. The Kier molecular flexibility index (Phi) is 22.9. The zero-order valence-electron chi connectivity index (χ0n) is 20.0. The summed E-state index contributed by atoms with van der Waals surface area (Å²) in [6.07, 6.45) is 22.1. The van der Waals surface area contributed by atoms with Crippen LogP contribution in [0.15, 0.2) is 12.2 Å². The molecule has 2 atom stereocenters. The molecule has 0 heterocycles. The Bertz CT molecular complexity index is 493. The molecule has 0 aromatic carbocycles. The quantitative estimate of drug-likeness (QED) is 0.0724. The summed E-state index contributed by atoms with van der Waals surface area (Å²) >= 11 is 0. The predicted octanol–water partition coefficient (Wildman–Crippen LogP) is 5.69. The number of nitrogens with two attached hydrogens (primary N) is 2. The minimum absolute atomic E-state index is 0.275. The lowest BCUT2D eigenvalue weighted by molar-refractivity contribution is -0.144. The monoisotopic (exact) mass is 490 g/mol. The van der Waals surface area contributed by atoms with Crippen molar-refractivity contribution in [3.8, 4) is 0 Å². The number of esters is 1. The molecule has 0 bridgehead atoms. The number of rotatable bonds is 23. The van der Waals surface area contributed by atoms with Gasteiger partial charge in [0.05, 0.1) is 6.61 Å². The van der Waals surface area contributed by atoms with Crippen LogP contribution in [0.2, 0.25) is 0 Å². The molecule has 32 heavy (non-hydrogen) atoms. The molecule has 0 fully saturated rings. The molecule has 0 aromatic heterocycles. The lowest BCUT2D eigenvalue weighted by Crippen LogP contribution is -2.35. The van der Waals surface area contributed by atoms with Crippen LogP contribution in [-0.4, -0.2) is 47.2 Å². The van der Waals surface area contributed by atoms with Gasteiger partial charge >= 0.3 is 11.9 Å². The fraction of sp³-hybridized carbons (Fsp3) is 0.833. The molecule has 8 heteroatoms. The lowest BCUT2D eigenvalue weighted by Gasteiger charge is -2.11. The predicted molar refractivity (Wildman–Crippen MR) is 139 cm³/mol. The van der Waals surface area contributed by atoms with Gasteiger partial charge in [0.1, 0.15) is 12.1 Å². The average Bonchev–Trinajstić information content (AvgIpc) is 2.78. The number of allylic oxidation sites excluding steroid dienone is 2. The maximum Gasteiger partial charge on any atom is 0.323 e. The Morgan fingerprint density at radius 3 is 1.78 bits per heavy atom. The molecule has 0 saturated carbocycles. The second kappa shape index (κ2) is 23.5. The summed E-state index contributed by atoms with van der Waals surface area (Å²) < 4.78 is 5.22. The number of carbonyl (C=O) groups is 2. The van der Waals surface area contributed by atoms with Crippen LogP contribution in [0.25, 0.3) is 0 Å². The van der Waals surface area contributed by atoms with E-state index in [1.165, 1.54) is 98.6 Å². The minimum atomic E-state index is -1.03. The minimum Gasteiger partial charge on any atom is -0.480 e.